The Labute approximate surface area is 129 Å². The van der Waals surface area contributed by atoms with Crippen LogP contribution in [-0.2, 0) is 13.1 Å². The predicted octanol–water partition coefficient (Wildman–Crippen LogP) is 2.05. The van der Waals surface area contributed by atoms with Gasteiger partial charge in [-0.1, -0.05) is 12.1 Å². The first-order valence-electron chi connectivity index (χ1n) is 7.64. The number of aliphatic hydroxyl groups is 1. The Bertz CT molecular complexity index is 640. The standard InChI is InChI=1S/C16H21FN4O/c1-3-21-11(2)18-19-16(21)10-20-9-14(22)8-15(20)12-4-6-13(17)7-5-12/h4-7,14-15,22H,3,8-10H2,1-2H3/t14-,15-/m1/s1. The van der Waals surface area contributed by atoms with Gasteiger partial charge in [0.25, 0.3) is 0 Å². The second kappa shape index (κ2) is 6.14. The summed E-state index contributed by atoms with van der Waals surface area (Å²) < 4.78 is 15.2. The van der Waals surface area contributed by atoms with Gasteiger partial charge < -0.3 is 9.67 Å². The lowest BCUT2D eigenvalue weighted by Gasteiger charge is -2.24. The van der Waals surface area contributed by atoms with E-state index in [9.17, 15) is 9.50 Å². The molecule has 2 heterocycles. The van der Waals surface area contributed by atoms with Crippen molar-refractivity contribution in [2.75, 3.05) is 6.54 Å². The van der Waals surface area contributed by atoms with Crippen LogP contribution in [0.3, 0.4) is 0 Å². The first-order chi connectivity index (χ1) is 10.6. The molecule has 6 heteroatoms. The third-order valence-corrected chi connectivity index (χ3v) is 4.31. The number of hydrogen-bond donors (Lipinski definition) is 1. The SMILES string of the molecule is CCn1c(C)nnc1CN1C[C@H](O)C[C@@H]1c1ccc(F)cc1. The molecule has 0 aliphatic carbocycles. The van der Waals surface area contributed by atoms with E-state index in [1.165, 1.54) is 12.1 Å². The van der Waals surface area contributed by atoms with Gasteiger partial charge in [0.1, 0.15) is 17.5 Å². The minimum atomic E-state index is -0.367. The number of hydrogen-bond acceptors (Lipinski definition) is 4. The zero-order valence-electron chi connectivity index (χ0n) is 12.9. The number of nitrogens with zero attached hydrogens (tertiary/aromatic N) is 4. The molecule has 2 aromatic rings. The molecule has 1 fully saturated rings. The fraction of sp³-hybridized carbons (Fsp3) is 0.500. The summed E-state index contributed by atoms with van der Waals surface area (Å²) in [5.41, 5.74) is 1.03. The number of aryl methyl sites for hydroxylation is 1. The quantitative estimate of drug-likeness (QED) is 0.939. The van der Waals surface area contributed by atoms with Gasteiger partial charge in [-0.3, -0.25) is 4.90 Å². The number of β-amino-alcohol motifs (C(OH)–C–C–N with tert-alkyl or cyclic N) is 1. The van der Waals surface area contributed by atoms with Gasteiger partial charge in [-0.05, 0) is 38.0 Å². The van der Waals surface area contributed by atoms with Crippen LogP contribution in [0, 0.1) is 12.7 Å². The Morgan fingerprint density at radius 2 is 2.00 bits per heavy atom. The first kappa shape index (κ1) is 15.1. The third kappa shape index (κ3) is 2.89. The second-order valence-electron chi connectivity index (χ2n) is 5.79. The molecule has 1 aromatic carbocycles. The van der Waals surface area contributed by atoms with Crippen LogP contribution in [0.2, 0.25) is 0 Å². The normalized spacial score (nSPS) is 22.4. The van der Waals surface area contributed by atoms with Gasteiger partial charge in [0.2, 0.25) is 0 Å². The molecule has 1 aliphatic rings. The maximum absolute atomic E-state index is 13.1. The lowest BCUT2D eigenvalue weighted by atomic mass is 10.0. The molecule has 1 saturated heterocycles. The molecule has 22 heavy (non-hydrogen) atoms. The molecule has 0 unspecified atom stereocenters. The molecule has 1 aliphatic heterocycles. The Kier molecular flexibility index (Phi) is 4.22. The van der Waals surface area contributed by atoms with E-state index < -0.39 is 0 Å². The molecule has 0 amide bonds. The minimum Gasteiger partial charge on any atom is -0.392 e. The Morgan fingerprint density at radius 3 is 2.68 bits per heavy atom. The second-order valence-corrected chi connectivity index (χ2v) is 5.79. The molecule has 118 valence electrons. The highest BCUT2D eigenvalue weighted by molar-refractivity contribution is 5.21. The van der Waals surface area contributed by atoms with Gasteiger partial charge in [0, 0.05) is 19.1 Å². The number of halogens is 1. The summed E-state index contributed by atoms with van der Waals surface area (Å²) in [6.45, 7) is 6.06. The van der Waals surface area contributed by atoms with Crippen molar-refractivity contribution in [1.29, 1.82) is 0 Å². The lowest BCUT2D eigenvalue weighted by Crippen LogP contribution is -2.26. The topological polar surface area (TPSA) is 54.2 Å². The van der Waals surface area contributed by atoms with Gasteiger partial charge in [-0.15, -0.1) is 10.2 Å². The number of benzene rings is 1. The van der Waals surface area contributed by atoms with E-state index in [0.717, 1.165) is 23.8 Å². The molecule has 1 N–H and O–H groups in total. The average Bonchev–Trinajstić information content (AvgIpc) is 3.03. The van der Waals surface area contributed by atoms with Crippen LogP contribution in [0.1, 0.15) is 36.6 Å². The smallest absolute Gasteiger partial charge is 0.147 e. The molecule has 0 saturated carbocycles. The van der Waals surface area contributed by atoms with Gasteiger partial charge in [-0.2, -0.15) is 0 Å². The summed E-state index contributed by atoms with van der Waals surface area (Å²) in [7, 11) is 0. The van der Waals surface area contributed by atoms with E-state index >= 15 is 0 Å². The molecular formula is C16H21FN4O. The summed E-state index contributed by atoms with van der Waals surface area (Å²) in [5.74, 6) is 1.56. The largest absolute Gasteiger partial charge is 0.392 e. The molecule has 3 rings (SSSR count). The lowest BCUT2D eigenvalue weighted by molar-refractivity contribution is 0.170. The number of rotatable bonds is 4. The summed E-state index contributed by atoms with van der Waals surface area (Å²) >= 11 is 0. The average molecular weight is 304 g/mol. The van der Waals surface area contributed by atoms with Crippen LogP contribution in [0.25, 0.3) is 0 Å². The van der Waals surface area contributed by atoms with Gasteiger partial charge in [0.05, 0.1) is 12.6 Å². The van der Waals surface area contributed by atoms with Crippen LogP contribution in [0.5, 0.6) is 0 Å². The van der Waals surface area contributed by atoms with Crippen molar-refractivity contribution in [3.05, 3.63) is 47.3 Å². The summed E-state index contributed by atoms with van der Waals surface area (Å²) in [6.07, 6.45) is 0.291. The van der Waals surface area contributed by atoms with E-state index in [1.807, 2.05) is 6.92 Å². The van der Waals surface area contributed by atoms with Crippen molar-refractivity contribution in [2.24, 2.45) is 0 Å². The monoisotopic (exact) mass is 304 g/mol. The number of aromatic nitrogens is 3. The van der Waals surface area contributed by atoms with E-state index in [4.69, 9.17) is 0 Å². The molecule has 2 atom stereocenters. The zero-order chi connectivity index (χ0) is 15.7. The van der Waals surface area contributed by atoms with Crippen molar-refractivity contribution < 1.29 is 9.50 Å². The zero-order valence-corrected chi connectivity index (χ0v) is 12.9. The number of likely N-dealkylation sites (tertiary alicyclic amines) is 1. The Morgan fingerprint density at radius 1 is 1.27 bits per heavy atom. The molecular weight excluding hydrogens is 283 g/mol. The fourth-order valence-electron chi connectivity index (χ4n) is 3.22. The summed E-state index contributed by atoms with van der Waals surface area (Å²) in [6, 6.07) is 6.60. The van der Waals surface area contributed by atoms with Crippen LogP contribution in [0.4, 0.5) is 4.39 Å². The van der Waals surface area contributed by atoms with Crippen molar-refractivity contribution >= 4 is 0 Å². The predicted molar refractivity (Wildman–Crippen MR) is 80.6 cm³/mol. The third-order valence-electron chi connectivity index (χ3n) is 4.31. The molecule has 0 bridgehead atoms. The van der Waals surface area contributed by atoms with Gasteiger partial charge >= 0.3 is 0 Å². The van der Waals surface area contributed by atoms with E-state index in [2.05, 4.69) is 26.6 Å². The maximum Gasteiger partial charge on any atom is 0.147 e. The van der Waals surface area contributed by atoms with E-state index in [1.54, 1.807) is 12.1 Å². The van der Waals surface area contributed by atoms with Crippen molar-refractivity contribution in [3.8, 4) is 0 Å². The molecule has 0 radical (unpaired) electrons. The van der Waals surface area contributed by atoms with Crippen LogP contribution < -0.4 is 0 Å². The van der Waals surface area contributed by atoms with E-state index in [-0.39, 0.29) is 18.0 Å². The molecule has 0 spiro atoms. The highest BCUT2D eigenvalue weighted by Gasteiger charge is 2.33. The van der Waals surface area contributed by atoms with E-state index in [0.29, 0.717) is 19.5 Å². The Balaban J connectivity index is 1.83. The van der Waals surface area contributed by atoms with Crippen LogP contribution >= 0.6 is 0 Å². The van der Waals surface area contributed by atoms with Crippen molar-refractivity contribution in [2.45, 2.75) is 45.5 Å². The summed E-state index contributed by atoms with van der Waals surface area (Å²) in [5, 5.41) is 18.4. The van der Waals surface area contributed by atoms with Crippen molar-refractivity contribution in [1.82, 2.24) is 19.7 Å². The fourth-order valence-corrected chi connectivity index (χ4v) is 3.22. The minimum absolute atomic E-state index is 0.0814. The summed E-state index contributed by atoms with van der Waals surface area (Å²) in [4.78, 5) is 2.19. The first-order valence-corrected chi connectivity index (χ1v) is 7.64. The van der Waals surface area contributed by atoms with Crippen LogP contribution in [-0.4, -0.2) is 37.4 Å². The van der Waals surface area contributed by atoms with Crippen molar-refractivity contribution in [3.63, 3.8) is 0 Å². The highest BCUT2D eigenvalue weighted by atomic mass is 19.1. The molecule has 5 nitrogen and oxygen atoms in total. The van der Waals surface area contributed by atoms with Gasteiger partial charge in [0.15, 0.2) is 0 Å². The number of aliphatic hydroxyl groups excluding tert-OH is 1. The maximum atomic E-state index is 13.1. The van der Waals surface area contributed by atoms with Gasteiger partial charge in [-0.25, -0.2) is 4.39 Å². The highest BCUT2D eigenvalue weighted by Crippen LogP contribution is 2.33. The Hall–Kier alpha value is -1.79. The molecule has 1 aromatic heterocycles. The van der Waals surface area contributed by atoms with Crippen LogP contribution in [0.15, 0.2) is 24.3 Å².